The maximum absolute atomic E-state index is 12.4. The lowest BCUT2D eigenvalue weighted by atomic mass is 9.95. The molecular formula is C28H56O2. The summed E-state index contributed by atoms with van der Waals surface area (Å²) in [7, 11) is 0. The van der Waals surface area contributed by atoms with Crippen LogP contribution < -0.4 is 0 Å². The van der Waals surface area contributed by atoms with Gasteiger partial charge < -0.3 is 4.74 Å². The van der Waals surface area contributed by atoms with E-state index in [9.17, 15) is 4.79 Å². The fourth-order valence-corrected chi connectivity index (χ4v) is 4.25. The van der Waals surface area contributed by atoms with Gasteiger partial charge in [0, 0.05) is 0 Å². The molecule has 30 heavy (non-hydrogen) atoms. The van der Waals surface area contributed by atoms with Gasteiger partial charge in [-0.1, -0.05) is 137 Å². The predicted molar refractivity (Wildman–Crippen MR) is 133 cm³/mol. The van der Waals surface area contributed by atoms with E-state index in [0.717, 1.165) is 6.42 Å². The Morgan fingerprint density at radius 2 is 0.933 bits per heavy atom. The van der Waals surface area contributed by atoms with Crippen molar-refractivity contribution in [3.63, 3.8) is 0 Å². The van der Waals surface area contributed by atoms with Gasteiger partial charge in [0.25, 0.3) is 0 Å². The van der Waals surface area contributed by atoms with Crippen molar-refractivity contribution in [2.75, 3.05) is 6.61 Å². The maximum atomic E-state index is 12.4. The summed E-state index contributed by atoms with van der Waals surface area (Å²) in [6.45, 7) is 9.51. The van der Waals surface area contributed by atoms with Gasteiger partial charge in [-0.3, -0.25) is 4.79 Å². The molecule has 0 amide bonds. The second-order valence-electron chi connectivity index (χ2n) is 9.71. The monoisotopic (exact) mass is 424 g/mol. The molecule has 2 nitrogen and oxygen atoms in total. The lowest BCUT2D eigenvalue weighted by molar-refractivity contribution is -0.149. The van der Waals surface area contributed by atoms with Crippen molar-refractivity contribution in [2.24, 2.45) is 11.8 Å². The van der Waals surface area contributed by atoms with Gasteiger partial charge in [-0.05, 0) is 25.2 Å². The zero-order valence-electron chi connectivity index (χ0n) is 21.3. The fraction of sp³-hybridized carbons (Fsp3) is 0.964. The van der Waals surface area contributed by atoms with E-state index in [1.54, 1.807) is 0 Å². The molecule has 2 heteroatoms. The smallest absolute Gasteiger partial charge is 0.308 e. The number of carbonyl (C=O) groups is 1. The van der Waals surface area contributed by atoms with E-state index < -0.39 is 0 Å². The molecule has 0 aliphatic carbocycles. The highest BCUT2D eigenvalue weighted by molar-refractivity contribution is 5.71. The number of unbranched alkanes of at least 4 members (excludes halogenated alkanes) is 14. The molecule has 0 saturated carbocycles. The van der Waals surface area contributed by atoms with Gasteiger partial charge in [0.2, 0.25) is 0 Å². The molecule has 0 saturated heterocycles. The third kappa shape index (κ3) is 19.4. The van der Waals surface area contributed by atoms with Crippen molar-refractivity contribution >= 4 is 5.97 Å². The Kier molecular flexibility index (Phi) is 22.7. The maximum Gasteiger partial charge on any atom is 0.308 e. The zero-order valence-corrected chi connectivity index (χ0v) is 21.3. The van der Waals surface area contributed by atoms with Crippen LogP contribution in [0.1, 0.15) is 156 Å². The van der Waals surface area contributed by atoms with Gasteiger partial charge in [-0.25, -0.2) is 0 Å². The third-order valence-corrected chi connectivity index (χ3v) is 6.54. The normalized spacial score (nSPS) is 13.3. The molecule has 0 fully saturated rings. The van der Waals surface area contributed by atoms with E-state index in [1.165, 1.54) is 122 Å². The van der Waals surface area contributed by atoms with E-state index in [-0.39, 0.29) is 11.9 Å². The Balaban J connectivity index is 3.90. The Morgan fingerprint density at radius 3 is 1.43 bits per heavy atom. The number of esters is 1. The van der Waals surface area contributed by atoms with Crippen molar-refractivity contribution < 1.29 is 9.53 Å². The average molecular weight is 425 g/mol. The molecule has 0 aliphatic rings. The van der Waals surface area contributed by atoms with Crippen LogP contribution in [-0.4, -0.2) is 12.6 Å². The van der Waals surface area contributed by atoms with Gasteiger partial charge in [0.1, 0.15) is 0 Å². The second-order valence-corrected chi connectivity index (χ2v) is 9.71. The highest BCUT2D eigenvalue weighted by Crippen LogP contribution is 2.20. The van der Waals surface area contributed by atoms with Crippen LogP contribution >= 0.6 is 0 Å². The summed E-state index contributed by atoms with van der Waals surface area (Å²) in [5.74, 6) is 0.679. The highest BCUT2D eigenvalue weighted by atomic mass is 16.5. The molecule has 0 N–H and O–H groups in total. The SMILES string of the molecule is CCCCCCCCCCCC(C)C(=O)OCC(CCCCC)CCCCCCC. The molecule has 0 aliphatic heterocycles. The van der Waals surface area contributed by atoms with Gasteiger partial charge in [0.05, 0.1) is 12.5 Å². The molecule has 180 valence electrons. The standard InChI is InChI=1S/C28H56O2/c1-5-8-11-13-14-15-16-18-20-22-26(4)28(29)30-25-27(23-19-10-7-3)24-21-17-12-9-6-2/h26-27H,5-25H2,1-4H3. The van der Waals surface area contributed by atoms with Crippen LogP contribution in [0.3, 0.4) is 0 Å². The first-order valence-electron chi connectivity index (χ1n) is 13.8. The van der Waals surface area contributed by atoms with Crippen LogP contribution in [0.5, 0.6) is 0 Å². The molecule has 0 aromatic heterocycles. The minimum absolute atomic E-state index is 0.0426. The third-order valence-electron chi connectivity index (χ3n) is 6.54. The minimum Gasteiger partial charge on any atom is -0.465 e. The molecule has 0 radical (unpaired) electrons. The van der Waals surface area contributed by atoms with Crippen molar-refractivity contribution in [1.29, 1.82) is 0 Å². The van der Waals surface area contributed by atoms with Crippen LogP contribution in [0.25, 0.3) is 0 Å². The molecule has 0 spiro atoms. The lowest BCUT2D eigenvalue weighted by Gasteiger charge is -2.19. The number of carbonyl (C=O) groups excluding carboxylic acids is 1. The summed E-state index contributed by atoms with van der Waals surface area (Å²) < 4.78 is 5.77. The zero-order chi connectivity index (χ0) is 22.3. The topological polar surface area (TPSA) is 26.3 Å². The van der Waals surface area contributed by atoms with Crippen LogP contribution in [0.15, 0.2) is 0 Å². The molecule has 2 atom stereocenters. The number of rotatable bonds is 23. The van der Waals surface area contributed by atoms with Crippen molar-refractivity contribution in [1.82, 2.24) is 0 Å². The quantitative estimate of drug-likeness (QED) is 0.120. The van der Waals surface area contributed by atoms with Gasteiger partial charge in [0.15, 0.2) is 0 Å². The number of hydrogen-bond donors (Lipinski definition) is 0. The van der Waals surface area contributed by atoms with E-state index in [2.05, 4.69) is 27.7 Å². The molecule has 0 aromatic carbocycles. The molecular weight excluding hydrogens is 368 g/mol. The van der Waals surface area contributed by atoms with Crippen LogP contribution in [0, 0.1) is 11.8 Å². The Morgan fingerprint density at radius 1 is 0.567 bits per heavy atom. The number of ether oxygens (including phenoxy) is 1. The van der Waals surface area contributed by atoms with E-state index in [4.69, 9.17) is 4.74 Å². The summed E-state index contributed by atoms with van der Waals surface area (Å²) in [5.41, 5.74) is 0. The number of hydrogen-bond acceptors (Lipinski definition) is 2. The van der Waals surface area contributed by atoms with Crippen molar-refractivity contribution in [2.45, 2.75) is 156 Å². The summed E-state index contributed by atoms with van der Waals surface area (Å²) >= 11 is 0. The van der Waals surface area contributed by atoms with E-state index >= 15 is 0 Å². The molecule has 0 bridgehead atoms. The molecule has 0 rings (SSSR count). The Bertz CT molecular complexity index is 353. The van der Waals surface area contributed by atoms with Crippen LogP contribution in [0.4, 0.5) is 0 Å². The van der Waals surface area contributed by atoms with Gasteiger partial charge in [-0.2, -0.15) is 0 Å². The second kappa shape index (κ2) is 23.1. The first kappa shape index (κ1) is 29.5. The minimum atomic E-state index is 0.0426. The average Bonchev–Trinajstić information content (AvgIpc) is 2.75. The summed E-state index contributed by atoms with van der Waals surface area (Å²) in [6.07, 6.45) is 25.9. The first-order valence-corrected chi connectivity index (χ1v) is 13.8. The molecule has 2 unspecified atom stereocenters. The van der Waals surface area contributed by atoms with Crippen molar-refractivity contribution in [3.05, 3.63) is 0 Å². The van der Waals surface area contributed by atoms with E-state index in [1.807, 2.05) is 0 Å². The fourth-order valence-electron chi connectivity index (χ4n) is 4.25. The van der Waals surface area contributed by atoms with Gasteiger partial charge >= 0.3 is 5.97 Å². The van der Waals surface area contributed by atoms with Crippen molar-refractivity contribution in [3.8, 4) is 0 Å². The first-order chi connectivity index (χ1) is 14.7. The van der Waals surface area contributed by atoms with Gasteiger partial charge in [-0.15, -0.1) is 0 Å². The van der Waals surface area contributed by atoms with Crippen LogP contribution in [-0.2, 0) is 9.53 Å². The van der Waals surface area contributed by atoms with E-state index in [0.29, 0.717) is 12.5 Å². The largest absolute Gasteiger partial charge is 0.465 e. The lowest BCUT2D eigenvalue weighted by Crippen LogP contribution is -2.19. The Hall–Kier alpha value is -0.530. The Labute approximate surface area is 190 Å². The molecule has 0 aromatic rings. The van der Waals surface area contributed by atoms with Crippen LogP contribution in [0.2, 0.25) is 0 Å². The molecule has 0 heterocycles. The summed E-state index contributed by atoms with van der Waals surface area (Å²) in [5, 5.41) is 0. The summed E-state index contributed by atoms with van der Waals surface area (Å²) in [4.78, 5) is 12.4. The highest BCUT2D eigenvalue weighted by Gasteiger charge is 2.17. The summed E-state index contributed by atoms with van der Waals surface area (Å²) in [6, 6.07) is 0. The predicted octanol–water partition coefficient (Wildman–Crippen LogP) is 9.64.